The van der Waals surface area contributed by atoms with Crippen LogP contribution in [-0.4, -0.2) is 25.5 Å². The van der Waals surface area contributed by atoms with Crippen LogP contribution in [0.25, 0.3) is 0 Å². The number of fused-ring (bicyclic) bond motifs is 1. The molecule has 3 rings (SSSR count). The first-order valence-electron chi connectivity index (χ1n) is 8.05. The first-order valence-corrected chi connectivity index (χ1v) is 8.05. The molecule has 6 nitrogen and oxygen atoms in total. The third-order valence-electron chi connectivity index (χ3n) is 3.97. The molecule has 0 saturated heterocycles. The van der Waals surface area contributed by atoms with Gasteiger partial charge in [0.05, 0.1) is 12.8 Å². The SMILES string of the molecule is COc1ccc(C)cc1NC(=O)COc1ccc2c(c1)CCC(=O)N2. The van der Waals surface area contributed by atoms with Gasteiger partial charge in [0.25, 0.3) is 5.91 Å². The maximum absolute atomic E-state index is 12.1. The van der Waals surface area contributed by atoms with Gasteiger partial charge in [0.1, 0.15) is 11.5 Å². The number of hydrogen-bond acceptors (Lipinski definition) is 4. The molecule has 0 fully saturated rings. The molecule has 0 saturated carbocycles. The summed E-state index contributed by atoms with van der Waals surface area (Å²) in [4.78, 5) is 23.5. The van der Waals surface area contributed by atoms with Crippen LogP contribution < -0.4 is 20.1 Å². The molecule has 1 heterocycles. The van der Waals surface area contributed by atoms with Crippen LogP contribution in [0, 0.1) is 6.92 Å². The number of rotatable bonds is 5. The highest BCUT2D eigenvalue weighted by Crippen LogP contribution is 2.27. The van der Waals surface area contributed by atoms with E-state index in [1.54, 1.807) is 19.2 Å². The Morgan fingerprint density at radius 1 is 1.20 bits per heavy atom. The Morgan fingerprint density at radius 3 is 2.84 bits per heavy atom. The largest absolute Gasteiger partial charge is 0.495 e. The van der Waals surface area contributed by atoms with Crippen LogP contribution in [0.3, 0.4) is 0 Å². The molecule has 0 atom stereocenters. The van der Waals surface area contributed by atoms with Crippen LogP contribution in [0.4, 0.5) is 11.4 Å². The summed E-state index contributed by atoms with van der Waals surface area (Å²) < 4.78 is 10.8. The van der Waals surface area contributed by atoms with E-state index in [1.807, 2.05) is 31.2 Å². The van der Waals surface area contributed by atoms with E-state index in [2.05, 4.69) is 10.6 Å². The summed E-state index contributed by atoms with van der Waals surface area (Å²) in [7, 11) is 1.56. The summed E-state index contributed by atoms with van der Waals surface area (Å²) in [5, 5.41) is 5.61. The average Bonchev–Trinajstić information content (AvgIpc) is 2.60. The predicted octanol–water partition coefficient (Wildman–Crippen LogP) is 2.91. The standard InChI is InChI=1S/C19H20N2O4/c1-12-3-7-17(24-2)16(9-12)21-19(23)11-25-14-5-6-15-13(10-14)4-8-18(22)20-15/h3,5-7,9-10H,4,8,11H2,1-2H3,(H,20,22)(H,21,23). The van der Waals surface area contributed by atoms with E-state index in [9.17, 15) is 9.59 Å². The zero-order chi connectivity index (χ0) is 17.8. The van der Waals surface area contributed by atoms with Crippen molar-refractivity contribution in [3.63, 3.8) is 0 Å². The Kier molecular flexibility index (Phi) is 4.88. The van der Waals surface area contributed by atoms with Crippen molar-refractivity contribution in [1.29, 1.82) is 0 Å². The first-order chi connectivity index (χ1) is 12.0. The minimum Gasteiger partial charge on any atom is -0.495 e. The van der Waals surface area contributed by atoms with Crippen molar-refractivity contribution in [3.8, 4) is 11.5 Å². The Hall–Kier alpha value is -3.02. The molecule has 0 spiro atoms. The Bertz CT molecular complexity index is 817. The van der Waals surface area contributed by atoms with Crippen LogP contribution in [0.2, 0.25) is 0 Å². The Morgan fingerprint density at radius 2 is 2.04 bits per heavy atom. The van der Waals surface area contributed by atoms with E-state index >= 15 is 0 Å². The van der Waals surface area contributed by atoms with E-state index in [0.717, 1.165) is 16.8 Å². The summed E-state index contributed by atoms with van der Waals surface area (Å²) >= 11 is 0. The second-order valence-corrected chi connectivity index (χ2v) is 5.91. The van der Waals surface area contributed by atoms with Gasteiger partial charge in [-0.15, -0.1) is 0 Å². The lowest BCUT2D eigenvalue weighted by Crippen LogP contribution is -2.21. The lowest BCUT2D eigenvalue weighted by Gasteiger charge is -2.17. The molecule has 1 aliphatic heterocycles. The lowest BCUT2D eigenvalue weighted by molar-refractivity contribution is -0.118. The number of carbonyl (C=O) groups excluding carboxylic acids is 2. The van der Waals surface area contributed by atoms with Gasteiger partial charge in [-0.2, -0.15) is 0 Å². The zero-order valence-corrected chi connectivity index (χ0v) is 14.2. The zero-order valence-electron chi connectivity index (χ0n) is 14.2. The fraction of sp³-hybridized carbons (Fsp3) is 0.263. The summed E-state index contributed by atoms with van der Waals surface area (Å²) in [6, 6.07) is 11.0. The van der Waals surface area contributed by atoms with Gasteiger partial charge in [-0.05, 0) is 54.8 Å². The number of ether oxygens (including phenoxy) is 2. The Balaban J connectivity index is 1.61. The highest BCUT2D eigenvalue weighted by molar-refractivity contribution is 5.94. The Labute approximate surface area is 146 Å². The van der Waals surface area contributed by atoms with Gasteiger partial charge in [-0.25, -0.2) is 0 Å². The molecular weight excluding hydrogens is 320 g/mol. The van der Waals surface area contributed by atoms with Gasteiger partial charge in [0.15, 0.2) is 6.61 Å². The van der Waals surface area contributed by atoms with Gasteiger partial charge in [-0.3, -0.25) is 9.59 Å². The van der Waals surface area contributed by atoms with E-state index in [4.69, 9.17) is 9.47 Å². The van der Waals surface area contributed by atoms with Gasteiger partial charge >= 0.3 is 0 Å². The average molecular weight is 340 g/mol. The highest BCUT2D eigenvalue weighted by atomic mass is 16.5. The minimum absolute atomic E-state index is 0.0210. The quantitative estimate of drug-likeness (QED) is 0.877. The number of hydrogen-bond donors (Lipinski definition) is 2. The van der Waals surface area contributed by atoms with Crippen LogP contribution in [0.1, 0.15) is 17.5 Å². The molecule has 2 aromatic carbocycles. The summed E-state index contributed by atoms with van der Waals surface area (Å²) in [5.41, 5.74) is 3.45. The topological polar surface area (TPSA) is 76.7 Å². The molecule has 0 bridgehead atoms. The van der Waals surface area contributed by atoms with E-state index in [1.165, 1.54) is 0 Å². The highest BCUT2D eigenvalue weighted by Gasteiger charge is 2.15. The third kappa shape index (κ3) is 4.09. The molecular formula is C19H20N2O4. The molecule has 2 aromatic rings. The molecule has 0 aliphatic carbocycles. The predicted molar refractivity (Wildman–Crippen MR) is 95.2 cm³/mol. The van der Waals surface area contributed by atoms with Gasteiger partial charge in [0, 0.05) is 12.1 Å². The first kappa shape index (κ1) is 16.8. The van der Waals surface area contributed by atoms with Gasteiger partial charge < -0.3 is 20.1 Å². The number of amides is 2. The van der Waals surface area contributed by atoms with Crippen LogP contribution in [0.5, 0.6) is 11.5 Å². The number of carbonyl (C=O) groups is 2. The summed E-state index contributed by atoms with van der Waals surface area (Å²) in [5.74, 6) is 0.951. The third-order valence-corrected chi connectivity index (χ3v) is 3.97. The van der Waals surface area contributed by atoms with E-state index < -0.39 is 0 Å². The second-order valence-electron chi connectivity index (χ2n) is 5.91. The molecule has 0 radical (unpaired) electrons. The number of methoxy groups -OCH3 is 1. The number of nitrogens with one attached hydrogen (secondary N) is 2. The van der Waals surface area contributed by atoms with E-state index in [-0.39, 0.29) is 18.4 Å². The van der Waals surface area contributed by atoms with Crippen molar-refractivity contribution >= 4 is 23.2 Å². The molecule has 2 N–H and O–H groups in total. The smallest absolute Gasteiger partial charge is 0.262 e. The molecule has 0 aromatic heterocycles. The summed E-state index contributed by atoms with van der Waals surface area (Å²) in [6.45, 7) is 1.83. The number of aryl methyl sites for hydroxylation is 2. The minimum atomic E-state index is -0.269. The van der Waals surface area contributed by atoms with Gasteiger partial charge in [0.2, 0.25) is 5.91 Å². The van der Waals surface area contributed by atoms with Crippen molar-refractivity contribution in [2.75, 3.05) is 24.4 Å². The van der Waals surface area contributed by atoms with Crippen LogP contribution in [0.15, 0.2) is 36.4 Å². The maximum Gasteiger partial charge on any atom is 0.262 e. The normalized spacial score (nSPS) is 12.8. The molecule has 0 unspecified atom stereocenters. The van der Waals surface area contributed by atoms with Crippen LogP contribution >= 0.6 is 0 Å². The summed E-state index contributed by atoms with van der Waals surface area (Å²) in [6.07, 6.45) is 1.13. The molecule has 2 amide bonds. The lowest BCUT2D eigenvalue weighted by atomic mass is 10.0. The molecule has 130 valence electrons. The fourth-order valence-corrected chi connectivity index (χ4v) is 2.70. The second kappa shape index (κ2) is 7.25. The fourth-order valence-electron chi connectivity index (χ4n) is 2.70. The molecule has 6 heteroatoms. The molecule has 1 aliphatic rings. The van der Waals surface area contributed by atoms with E-state index in [0.29, 0.717) is 30.0 Å². The van der Waals surface area contributed by atoms with Crippen molar-refractivity contribution in [2.45, 2.75) is 19.8 Å². The number of benzene rings is 2. The van der Waals surface area contributed by atoms with Crippen molar-refractivity contribution in [1.82, 2.24) is 0 Å². The van der Waals surface area contributed by atoms with Crippen molar-refractivity contribution in [2.24, 2.45) is 0 Å². The monoisotopic (exact) mass is 340 g/mol. The van der Waals surface area contributed by atoms with Crippen LogP contribution in [-0.2, 0) is 16.0 Å². The van der Waals surface area contributed by atoms with Gasteiger partial charge in [-0.1, -0.05) is 6.07 Å². The van der Waals surface area contributed by atoms with Crippen molar-refractivity contribution < 1.29 is 19.1 Å². The van der Waals surface area contributed by atoms with Crippen molar-refractivity contribution in [3.05, 3.63) is 47.5 Å². The number of anilines is 2. The maximum atomic E-state index is 12.1. The molecule has 25 heavy (non-hydrogen) atoms.